The molecule has 1 aliphatic rings. The third-order valence-electron chi connectivity index (χ3n) is 3.21. The molecule has 0 saturated heterocycles. The van der Waals surface area contributed by atoms with Crippen molar-refractivity contribution in [1.82, 2.24) is 5.32 Å². The Hall–Kier alpha value is -1.26. The van der Waals surface area contributed by atoms with Crippen LogP contribution in [0.3, 0.4) is 0 Å². The van der Waals surface area contributed by atoms with Gasteiger partial charge in [0.15, 0.2) is 11.5 Å². The average molecular weight is 237 g/mol. The van der Waals surface area contributed by atoms with Gasteiger partial charge in [-0.15, -0.1) is 0 Å². The molecule has 0 heterocycles. The molecule has 0 spiro atoms. The molecule has 4 heteroatoms. The van der Waals surface area contributed by atoms with Gasteiger partial charge >= 0.3 is 0 Å². The number of phenols is 2. The zero-order chi connectivity index (χ0) is 12.6. The second kappa shape index (κ2) is 4.55. The Bertz CT molecular complexity index is 417. The second-order valence-corrected chi connectivity index (χ2v) is 4.95. The number of benzene rings is 1. The highest BCUT2D eigenvalue weighted by molar-refractivity contribution is 5.47. The average Bonchev–Trinajstić information content (AvgIpc) is 2.25. The van der Waals surface area contributed by atoms with Crippen LogP contribution in [0, 0.1) is 0 Å². The first kappa shape index (κ1) is 12.2. The first-order chi connectivity index (χ1) is 7.99. The molecule has 4 N–H and O–H groups in total. The van der Waals surface area contributed by atoms with Crippen LogP contribution in [0.15, 0.2) is 12.1 Å². The summed E-state index contributed by atoms with van der Waals surface area (Å²) in [5, 5.41) is 32.4. The highest BCUT2D eigenvalue weighted by Gasteiger charge is 2.29. The van der Waals surface area contributed by atoms with E-state index in [0.717, 1.165) is 18.4 Å². The lowest BCUT2D eigenvalue weighted by Gasteiger charge is -2.32. The zero-order valence-electron chi connectivity index (χ0n) is 10.1. The second-order valence-electron chi connectivity index (χ2n) is 4.95. The minimum absolute atomic E-state index is 0.00597. The van der Waals surface area contributed by atoms with Gasteiger partial charge in [-0.2, -0.15) is 0 Å². The molecule has 17 heavy (non-hydrogen) atoms. The van der Waals surface area contributed by atoms with Crippen LogP contribution in [0.5, 0.6) is 11.5 Å². The van der Waals surface area contributed by atoms with E-state index >= 15 is 0 Å². The molecular weight excluding hydrogens is 218 g/mol. The molecule has 2 atom stereocenters. The topological polar surface area (TPSA) is 72.7 Å². The monoisotopic (exact) mass is 237 g/mol. The standard InChI is InChI=1S/C13H19NO3/c1-7(2)14-10-4-3-8-5-11(15)12(16)6-9(8)13(10)17/h5-7,10,13-17H,3-4H2,1-2H3/t10-,13+/m1/s1. The van der Waals surface area contributed by atoms with Gasteiger partial charge in [-0.1, -0.05) is 13.8 Å². The van der Waals surface area contributed by atoms with Crippen LogP contribution in [0.25, 0.3) is 0 Å². The summed E-state index contributed by atoms with van der Waals surface area (Å²) in [6.07, 6.45) is 0.994. The largest absolute Gasteiger partial charge is 0.504 e. The molecule has 0 aliphatic heterocycles. The lowest BCUT2D eigenvalue weighted by molar-refractivity contribution is 0.110. The zero-order valence-corrected chi connectivity index (χ0v) is 10.1. The summed E-state index contributed by atoms with van der Waals surface area (Å²) < 4.78 is 0. The van der Waals surface area contributed by atoms with Crippen LogP contribution >= 0.6 is 0 Å². The van der Waals surface area contributed by atoms with Crippen molar-refractivity contribution < 1.29 is 15.3 Å². The van der Waals surface area contributed by atoms with Gasteiger partial charge in [0.05, 0.1) is 6.10 Å². The number of aliphatic hydroxyl groups excluding tert-OH is 1. The van der Waals surface area contributed by atoms with E-state index in [0.29, 0.717) is 11.6 Å². The van der Waals surface area contributed by atoms with E-state index in [9.17, 15) is 15.3 Å². The number of hydrogen-bond acceptors (Lipinski definition) is 4. The first-order valence-electron chi connectivity index (χ1n) is 5.98. The molecule has 0 fully saturated rings. The number of fused-ring (bicyclic) bond motifs is 1. The molecule has 0 bridgehead atoms. The van der Waals surface area contributed by atoms with Crippen LogP contribution in [-0.4, -0.2) is 27.4 Å². The molecule has 0 aromatic heterocycles. The maximum atomic E-state index is 10.2. The van der Waals surface area contributed by atoms with Crippen molar-refractivity contribution in [3.63, 3.8) is 0 Å². The van der Waals surface area contributed by atoms with Crippen molar-refractivity contribution in [2.45, 2.75) is 44.9 Å². The summed E-state index contributed by atoms with van der Waals surface area (Å²) in [6, 6.07) is 3.32. The van der Waals surface area contributed by atoms with Crippen LogP contribution in [0.4, 0.5) is 0 Å². The number of rotatable bonds is 2. The van der Waals surface area contributed by atoms with Crippen molar-refractivity contribution in [2.24, 2.45) is 0 Å². The van der Waals surface area contributed by atoms with Crippen LogP contribution in [-0.2, 0) is 6.42 Å². The number of hydrogen-bond donors (Lipinski definition) is 4. The summed E-state index contributed by atoms with van der Waals surface area (Å²) >= 11 is 0. The van der Waals surface area contributed by atoms with Crippen molar-refractivity contribution in [3.8, 4) is 11.5 Å². The summed E-state index contributed by atoms with van der Waals surface area (Å²) in [4.78, 5) is 0. The van der Waals surface area contributed by atoms with Gasteiger partial charge in [-0.25, -0.2) is 0 Å². The molecule has 2 rings (SSSR count). The summed E-state index contributed by atoms with van der Waals surface area (Å²) in [7, 11) is 0. The van der Waals surface area contributed by atoms with Gasteiger partial charge in [0.1, 0.15) is 0 Å². The fraction of sp³-hybridized carbons (Fsp3) is 0.538. The lowest BCUT2D eigenvalue weighted by Crippen LogP contribution is -2.41. The molecule has 0 radical (unpaired) electrons. The summed E-state index contributed by atoms with van der Waals surface area (Å²) in [5.41, 5.74) is 1.62. The minimum Gasteiger partial charge on any atom is -0.504 e. The smallest absolute Gasteiger partial charge is 0.157 e. The Morgan fingerprint density at radius 3 is 2.53 bits per heavy atom. The molecule has 94 valence electrons. The van der Waals surface area contributed by atoms with E-state index in [-0.39, 0.29) is 17.5 Å². The predicted octanol–water partition coefficient (Wildman–Crippen LogP) is 1.44. The summed E-state index contributed by atoms with van der Waals surface area (Å²) in [6.45, 7) is 4.08. The molecule has 0 amide bonds. The van der Waals surface area contributed by atoms with Gasteiger partial charge in [0.2, 0.25) is 0 Å². The molecule has 1 aliphatic carbocycles. The number of aryl methyl sites for hydroxylation is 1. The molecule has 1 aromatic rings. The highest BCUT2D eigenvalue weighted by Crippen LogP contribution is 2.37. The van der Waals surface area contributed by atoms with Crippen molar-refractivity contribution in [3.05, 3.63) is 23.3 Å². The third-order valence-corrected chi connectivity index (χ3v) is 3.21. The van der Waals surface area contributed by atoms with Crippen molar-refractivity contribution >= 4 is 0 Å². The lowest BCUT2D eigenvalue weighted by atomic mass is 9.85. The Morgan fingerprint density at radius 2 is 1.88 bits per heavy atom. The molecule has 0 unspecified atom stereocenters. The van der Waals surface area contributed by atoms with Crippen LogP contribution in [0.2, 0.25) is 0 Å². The predicted molar refractivity (Wildman–Crippen MR) is 65.1 cm³/mol. The summed E-state index contributed by atoms with van der Waals surface area (Å²) in [5.74, 6) is -0.292. The van der Waals surface area contributed by atoms with Crippen LogP contribution < -0.4 is 5.32 Å². The Kier molecular flexibility index (Phi) is 3.26. The van der Waals surface area contributed by atoms with E-state index in [4.69, 9.17) is 0 Å². The number of phenolic OH excluding ortho intramolecular Hbond substituents is 2. The van der Waals surface area contributed by atoms with Gasteiger partial charge in [0, 0.05) is 12.1 Å². The van der Waals surface area contributed by atoms with Gasteiger partial charge in [0.25, 0.3) is 0 Å². The molecule has 0 saturated carbocycles. The fourth-order valence-electron chi connectivity index (χ4n) is 2.42. The van der Waals surface area contributed by atoms with E-state index in [2.05, 4.69) is 5.32 Å². The molecule has 1 aromatic carbocycles. The van der Waals surface area contributed by atoms with E-state index < -0.39 is 6.10 Å². The van der Waals surface area contributed by atoms with E-state index in [1.54, 1.807) is 6.07 Å². The fourth-order valence-corrected chi connectivity index (χ4v) is 2.42. The normalized spacial score (nSPS) is 23.8. The number of aromatic hydroxyl groups is 2. The van der Waals surface area contributed by atoms with Gasteiger partial charge in [-0.05, 0) is 36.1 Å². The van der Waals surface area contributed by atoms with E-state index in [1.165, 1.54) is 6.07 Å². The first-order valence-corrected chi connectivity index (χ1v) is 5.98. The van der Waals surface area contributed by atoms with Crippen LogP contribution in [0.1, 0.15) is 37.5 Å². The van der Waals surface area contributed by atoms with E-state index in [1.807, 2.05) is 13.8 Å². The SMILES string of the molecule is CC(C)N[C@@H]1CCc2cc(O)c(O)cc2[C@@H]1O. The Labute approximate surface area is 101 Å². The Balaban J connectivity index is 2.28. The molecular formula is C13H19NO3. The van der Waals surface area contributed by atoms with Crippen molar-refractivity contribution in [1.29, 1.82) is 0 Å². The quantitative estimate of drug-likeness (QED) is 0.587. The maximum absolute atomic E-state index is 10.2. The van der Waals surface area contributed by atoms with Gasteiger partial charge in [-0.3, -0.25) is 0 Å². The third kappa shape index (κ3) is 2.37. The maximum Gasteiger partial charge on any atom is 0.157 e. The molecule has 4 nitrogen and oxygen atoms in total. The van der Waals surface area contributed by atoms with Crippen molar-refractivity contribution in [2.75, 3.05) is 0 Å². The number of nitrogens with one attached hydrogen (secondary N) is 1. The Morgan fingerprint density at radius 1 is 1.24 bits per heavy atom. The minimum atomic E-state index is -0.632. The van der Waals surface area contributed by atoms with Gasteiger partial charge < -0.3 is 20.6 Å². The number of aliphatic hydroxyl groups is 1. The highest BCUT2D eigenvalue weighted by atomic mass is 16.3.